The van der Waals surface area contributed by atoms with Gasteiger partial charge in [0.05, 0.1) is 0 Å². The lowest BCUT2D eigenvalue weighted by molar-refractivity contribution is -0.130. The van der Waals surface area contributed by atoms with E-state index in [9.17, 15) is 9.59 Å². The van der Waals surface area contributed by atoms with Gasteiger partial charge in [0, 0.05) is 13.1 Å². The van der Waals surface area contributed by atoms with E-state index in [-0.39, 0.29) is 19.1 Å². The number of allylic oxidation sites excluding steroid dienone is 1. The van der Waals surface area contributed by atoms with Gasteiger partial charge in [-0.1, -0.05) is 41.5 Å². The fraction of sp³-hybridized carbons (Fsp3) is 0.444. The Labute approximate surface area is 136 Å². The summed E-state index contributed by atoms with van der Waals surface area (Å²) < 4.78 is 5.09. The summed E-state index contributed by atoms with van der Waals surface area (Å²) in [7, 11) is 0. The third-order valence-electron chi connectivity index (χ3n) is 4.32. The molecular formula is C18H22N2O3. The highest BCUT2D eigenvalue weighted by atomic mass is 16.5. The Morgan fingerprint density at radius 2 is 1.65 bits per heavy atom. The second-order valence-electron chi connectivity index (χ2n) is 6.00. The first-order chi connectivity index (χ1) is 11.2. The van der Waals surface area contributed by atoms with Crippen LogP contribution in [0.4, 0.5) is 4.79 Å². The number of alkyl carbamates (subject to hydrolysis) is 1. The Morgan fingerprint density at radius 3 is 2.30 bits per heavy atom. The third-order valence-corrected chi connectivity index (χ3v) is 4.32. The van der Waals surface area contributed by atoms with Crippen LogP contribution in [0.15, 0.2) is 41.5 Å². The molecule has 2 aliphatic rings. The van der Waals surface area contributed by atoms with E-state index in [2.05, 4.69) is 5.32 Å². The average molecular weight is 314 g/mol. The van der Waals surface area contributed by atoms with E-state index in [1.54, 1.807) is 11.1 Å². The first-order valence-corrected chi connectivity index (χ1v) is 8.14. The van der Waals surface area contributed by atoms with Crippen molar-refractivity contribution in [2.75, 3.05) is 19.6 Å². The lowest BCUT2D eigenvalue weighted by atomic mass is 10.0. The number of rotatable bonds is 4. The second kappa shape index (κ2) is 7.31. The summed E-state index contributed by atoms with van der Waals surface area (Å²) in [5.74, 6) is -0.0403. The zero-order valence-corrected chi connectivity index (χ0v) is 13.2. The van der Waals surface area contributed by atoms with E-state index in [4.69, 9.17) is 4.74 Å². The molecule has 1 heterocycles. The van der Waals surface area contributed by atoms with Crippen molar-refractivity contribution < 1.29 is 14.3 Å². The van der Waals surface area contributed by atoms with E-state index in [0.717, 1.165) is 31.5 Å². The molecule has 1 aliphatic carbocycles. The Kier molecular flexibility index (Phi) is 4.95. The minimum absolute atomic E-state index is 0.000468. The van der Waals surface area contributed by atoms with Crippen LogP contribution in [0.2, 0.25) is 0 Å². The fourth-order valence-electron chi connectivity index (χ4n) is 2.83. The summed E-state index contributed by atoms with van der Waals surface area (Å²) in [6, 6.07) is 9.46. The monoisotopic (exact) mass is 314 g/mol. The Balaban J connectivity index is 1.35. The molecule has 2 amide bonds. The average Bonchev–Trinajstić information content (AvgIpc) is 3.44. The highest BCUT2D eigenvalue weighted by molar-refractivity contribution is 5.82. The van der Waals surface area contributed by atoms with Gasteiger partial charge in [-0.15, -0.1) is 0 Å². The van der Waals surface area contributed by atoms with Crippen LogP contribution in [0.5, 0.6) is 0 Å². The molecule has 2 fully saturated rings. The van der Waals surface area contributed by atoms with Crippen molar-refractivity contribution in [3.63, 3.8) is 0 Å². The van der Waals surface area contributed by atoms with Gasteiger partial charge >= 0.3 is 6.09 Å². The van der Waals surface area contributed by atoms with Crippen molar-refractivity contribution in [2.45, 2.75) is 32.3 Å². The van der Waals surface area contributed by atoms with Crippen molar-refractivity contribution in [1.29, 1.82) is 0 Å². The quantitative estimate of drug-likeness (QED) is 0.869. The van der Waals surface area contributed by atoms with Crippen LogP contribution >= 0.6 is 0 Å². The highest BCUT2D eigenvalue weighted by Crippen LogP contribution is 2.35. The van der Waals surface area contributed by atoms with Gasteiger partial charge in [-0.2, -0.15) is 0 Å². The molecule has 1 aromatic carbocycles. The van der Waals surface area contributed by atoms with Crippen LogP contribution in [-0.2, 0) is 16.1 Å². The van der Waals surface area contributed by atoms with Crippen molar-refractivity contribution >= 4 is 12.0 Å². The maximum atomic E-state index is 12.1. The molecule has 0 aromatic heterocycles. The normalized spacial score (nSPS) is 17.0. The van der Waals surface area contributed by atoms with Gasteiger partial charge in [-0.3, -0.25) is 4.79 Å². The van der Waals surface area contributed by atoms with Crippen LogP contribution in [0, 0.1) is 0 Å². The number of hydrogen-bond donors (Lipinski definition) is 1. The van der Waals surface area contributed by atoms with Crippen LogP contribution < -0.4 is 5.32 Å². The molecule has 1 saturated carbocycles. The number of amides is 2. The zero-order valence-electron chi connectivity index (χ0n) is 13.2. The number of benzene rings is 1. The van der Waals surface area contributed by atoms with E-state index >= 15 is 0 Å². The van der Waals surface area contributed by atoms with Crippen LogP contribution in [0.3, 0.4) is 0 Å². The molecule has 3 rings (SSSR count). The lowest BCUT2D eigenvalue weighted by Gasteiger charge is -2.28. The molecule has 0 spiro atoms. The van der Waals surface area contributed by atoms with E-state index in [0.29, 0.717) is 0 Å². The van der Waals surface area contributed by atoms with Gasteiger partial charge in [-0.05, 0) is 31.2 Å². The topological polar surface area (TPSA) is 58.6 Å². The number of carbonyl (C=O) groups is 2. The maximum Gasteiger partial charge on any atom is 0.407 e. The standard InChI is InChI=1S/C18H22N2O3/c21-17(20-10-8-16(9-11-20)15-6-7-15)12-19-18(22)23-13-14-4-2-1-3-5-14/h1-5H,6-13H2,(H,19,22). The Hall–Kier alpha value is -2.30. The summed E-state index contributed by atoms with van der Waals surface area (Å²) in [6.07, 6.45) is 3.91. The molecule has 23 heavy (non-hydrogen) atoms. The second-order valence-corrected chi connectivity index (χ2v) is 6.00. The molecule has 5 nitrogen and oxygen atoms in total. The summed E-state index contributed by atoms with van der Waals surface area (Å²) in [5.41, 5.74) is 4.06. The predicted molar refractivity (Wildman–Crippen MR) is 86.7 cm³/mol. The van der Waals surface area contributed by atoms with Crippen molar-refractivity contribution in [3.8, 4) is 0 Å². The molecular weight excluding hydrogens is 292 g/mol. The largest absolute Gasteiger partial charge is 0.445 e. The Bertz CT molecular complexity index is 594. The van der Waals surface area contributed by atoms with E-state index < -0.39 is 6.09 Å². The third kappa shape index (κ3) is 4.58. The van der Waals surface area contributed by atoms with Gasteiger partial charge in [0.2, 0.25) is 5.91 Å². The number of piperidine rings is 1. The van der Waals surface area contributed by atoms with Crippen LogP contribution in [0.1, 0.15) is 31.2 Å². The number of nitrogens with zero attached hydrogens (tertiary/aromatic N) is 1. The first-order valence-electron chi connectivity index (χ1n) is 8.14. The van der Waals surface area contributed by atoms with Gasteiger partial charge < -0.3 is 15.0 Å². The van der Waals surface area contributed by atoms with Gasteiger partial charge in [0.1, 0.15) is 13.2 Å². The lowest BCUT2D eigenvalue weighted by Crippen LogP contribution is -2.43. The molecule has 0 atom stereocenters. The molecule has 0 unspecified atom stereocenters. The van der Waals surface area contributed by atoms with Gasteiger partial charge in [0.25, 0.3) is 0 Å². The van der Waals surface area contributed by atoms with Crippen LogP contribution in [-0.4, -0.2) is 36.5 Å². The molecule has 1 aromatic rings. The molecule has 1 aliphatic heterocycles. The Morgan fingerprint density at radius 1 is 1.00 bits per heavy atom. The van der Waals surface area contributed by atoms with Gasteiger partial charge in [-0.25, -0.2) is 4.79 Å². The first kappa shape index (κ1) is 15.6. The van der Waals surface area contributed by atoms with Gasteiger partial charge in [0.15, 0.2) is 0 Å². The summed E-state index contributed by atoms with van der Waals surface area (Å²) >= 11 is 0. The molecule has 122 valence electrons. The number of carbonyl (C=O) groups excluding carboxylic acids is 2. The predicted octanol–water partition coefficient (Wildman–Crippen LogP) is 2.63. The van der Waals surface area contributed by atoms with E-state index in [1.165, 1.54) is 12.8 Å². The smallest absolute Gasteiger partial charge is 0.407 e. The highest BCUT2D eigenvalue weighted by Gasteiger charge is 2.24. The maximum absolute atomic E-state index is 12.1. The summed E-state index contributed by atoms with van der Waals surface area (Å²) in [5, 5.41) is 2.53. The van der Waals surface area contributed by atoms with Crippen LogP contribution in [0.25, 0.3) is 0 Å². The number of likely N-dealkylation sites (tertiary alicyclic amines) is 1. The van der Waals surface area contributed by atoms with Crippen molar-refractivity contribution in [3.05, 3.63) is 47.0 Å². The summed E-state index contributed by atoms with van der Waals surface area (Å²) in [4.78, 5) is 25.6. The SMILES string of the molecule is O=C(NCC(=O)N1CCC(=C2CC2)CC1)OCc1ccccc1. The molecule has 1 saturated heterocycles. The number of nitrogens with one attached hydrogen (secondary N) is 1. The van der Waals surface area contributed by atoms with Crippen molar-refractivity contribution in [2.24, 2.45) is 0 Å². The minimum atomic E-state index is -0.556. The molecule has 0 radical (unpaired) electrons. The number of hydrogen-bond acceptors (Lipinski definition) is 3. The summed E-state index contributed by atoms with van der Waals surface area (Å²) in [6.45, 7) is 1.73. The molecule has 1 N–H and O–H groups in total. The molecule has 5 heteroatoms. The van der Waals surface area contributed by atoms with E-state index in [1.807, 2.05) is 35.2 Å². The molecule has 0 bridgehead atoms. The zero-order chi connectivity index (χ0) is 16.1. The fourth-order valence-corrected chi connectivity index (χ4v) is 2.83. The minimum Gasteiger partial charge on any atom is -0.445 e. The number of ether oxygens (including phenoxy) is 1. The van der Waals surface area contributed by atoms with Crippen molar-refractivity contribution in [1.82, 2.24) is 10.2 Å².